The van der Waals surface area contributed by atoms with Gasteiger partial charge < -0.3 is 22.5 Å². The molecule has 0 spiro atoms. The van der Waals surface area contributed by atoms with Crippen LogP contribution in [0.25, 0.3) is 22.0 Å². The van der Waals surface area contributed by atoms with Gasteiger partial charge in [0.05, 0.1) is 11.1 Å². The highest BCUT2D eigenvalue weighted by molar-refractivity contribution is 6.24. The zero-order valence-corrected chi connectivity index (χ0v) is 15.2. The number of nitrogens with one attached hydrogen (secondary N) is 2. The second-order valence-corrected chi connectivity index (χ2v) is 6.42. The maximum absolute atomic E-state index is 10.1. The van der Waals surface area contributed by atoms with E-state index in [4.69, 9.17) is 0 Å². The van der Waals surface area contributed by atoms with Gasteiger partial charge >= 0.3 is 0 Å². The van der Waals surface area contributed by atoms with Gasteiger partial charge in [0.1, 0.15) is 5.75 Å². The van der Waals surface area contributed by atoms with Crippen molar-refractivity contribution in [1.82, 2.24) is 4.98 Å². The highest BCUT2D eigenvalue weighted by atomic mass is 35.5. The molecule has 0 fully saturated rings. The number of para-hydroxylation sites is 2. The number of fused-ring (bicyclic) bond motifs is 2. The van der Waals surface area contributed by atoms with E-state index < -0.39 is 0 Å². The summed E-state index contributed by atoms with van der Waals surface area (Å²) in [5, 5.41) is 11.2. The van der Waals surface area contributed by atoms with Gasteiger partial charge in [0.2, 0.25) is 5.69 Å². The molecule has 1 aliphatic rings. The molecule has 2 heterocycles. The van der Waals surface area contributed by atoms with E-state index in [1.54, 1.807) is 6.07 Å². The molecule has 0 unspecified atom stereocenters. The number of H-pyrrole nitrogens is 1. The van der Waals surface area contributed by atoms with Crippen molar-refractivity contribution >= 4 is 34.0 Å². The normalized spacial score (nSPS) is 14.1. The van der Waals surface area contributed by atoms with Crippen molar-refractivity contribution in [3.8, 4) is 5.75 Å². The van der Waals surface area contributed by atoms with Gasteiger partial charge in [0.15, 0.2) is 6.21 Å². The number of phenolic OH excluding ortho intramolecular Hbond substituents is 1. The van der Waals surface area contributed by atoms with Crippen molar-refractivity contribution in [1.29, 1.82) is 0 Å². The molecule has 4 aromatic rings. The standard InChI is InChI=1S/C23H16N2O.ClH/c26-16-7-5-6-15(12-16)23(19-13-24-21-10-3-1-8-17(19)21)20-14-25-22-11-4-2-9-18(20)22;/h1-14,24,26H;1H/b23-20+;. The smallest absolute Gasteiger partial charge is 0.211 e. The molecule has 0 saturated heterocycles. The summed E-state index contributed by atoms with van der Waals surface area (Å²) in [7, 11) is 0. The van der Waals surface area contributed by atoms with Gasteiger partial charge in [-0.1, -0.05) is 42.5 Å². The van der Waals surface area contributed by atoms with Gasteiger partial charge in [-0.15, -0.1) is 0 Å². The summed E-state index contributed by atoms with van der Waals surface area (Å²) in [6.07, 6.45) is 4.09. The van der Waals surface area contributed by atoms with Crippen LogP contribution < -0.4 is 17.4 Å². The molecule has 1 aromatic heterocycles. The van der Waals surface area contributed by atoms with Crippen LogP contribution in [0.1, 0.15) is 16.7 Å². The SMILES string of the molecule is Oc1cccc(/C(=C2/C=[NH+]c3ccccc32)c2c[nH]c3ccccc23)c1.[Cl-]. The third-order valence-electron chi connectivity index (χ3n) is 4.85. The molecular weight excluding hydrogens is 356 g/mol. The van der Waals surface area contributed by atoms with Gasteiger partial charge in [0.25, 0.3) is 0 Å². The summed E-state index contributed by atoms with van der Waals surface area (Å²) in [4.78, 5) is 6.74. The van der Waals surface area contributed by atoms with E-state index >= 15 is 0 Å². The number of halogens is 1. The van der Waals surface area contributed by atoms with Crippen LogP contribution in [-0.2, 0) is 0 Å². The molecule has 0 aliphatic carbocycles. The fraction of sp³-hybridized carbons (Fsp3) is 0. The van der Waals surface area contributed by atoms with Crippen LogP contribution in [-0.4, -0.2) is 16.3 Å². The monoisotopic (exact) mass is 372 g/mol. The average molecular weight is 373 g/mol. The maximum atomic E-state index is 10.1. The van der Waals surface area contributed by atoms with E-state index in [-0.39, 0.29) is 18.2 Å². The lowest BCUT2D eigenvalue weighted by Crippen LogP contribution is -3.00. The first kappa shape index (κ1) is 17.1. The second-order valence-electron chi connectivity index (χ2n) is 6.42. The van der Waals surface area contributed by atoms with Crippen molar-refractivity contribution in [3.63, 3.8) is 0 Å². The molecule has 4 heteroatoms. The van der Waals surface area contributed by atoms with Crippen molar-refractivity contribution in [2.24, 2.45) is 0 Å². The first-order valence-electron chi connectivity index (χ1n) is 8.60. The summed E-state index contributed by atoms with van der Waals surface area (Å²) in [6.45, 7) is 0. The van der Waals surface area contributed by atoms with Crippen LogP contribution in [0.2, 0.25) is 0 Å². The van der Waals surface area contributed by atoms with Crippen molar-refractivity contribution in [2.45, 2.75) is 0 Å². The van der Waals surface area contributed by atoms with E-state index in [1.165, 1.54) is 0 Å². The third kappa shape index (κ3) is 2.82. The Labute approximate surface area is 163 Å². The van der Waals surface area contributed by atoms with Crippen LogP contribution in [0.3, 0.4) is 0 Å². The summed E-state index contributed by atoms with van der Waals surface area (Å²) in [5.74, 6) is 0.264. The first-order chi connectivity index (χ1) is 12.8. The number of aromatic hydroxyl groups is 1. The molecule has 27 heavy (non-hydrogen) atoms. The molecule has 1 aliphatic heterocycles. The molecule has 0 amide bonds. The average Bonchev–Trinajstić information content (AvgIpc) is 3.28. The molecule has 5 rings (SSSR count). The Balaban J connectivity index is 0.00000180. The largest absolute Gasteiger partial charge is 1.00 e. The minimum atomic E-state index is 0. The number of aromatic nitrogens is 1. The number of hydrogen-bond acceptors (Lipinski definition) is 1. The minimum Gasteiger partial charge on any atom is -1.00 e. The topological polar surface area (TPSA) is 50.0 Å². The minimum absolute atomic E-state index is 0. The van der Waals surface area contributed by atoms with Crippen LogP contribution in [0.5, 0.6) is 5.75 Å². The maximum Gasteiger partial charge on any atom is 0.211 e. The van der Waals surface area contributed by atoms with E-state index in [2.05, 4.69) is 46.4 Å². The quantitative estimate of drug-likeness (QED) is 0.475. The fourth-order valence-corrected chi connectivity index (χ4v) is 3.67. The Hall–Kier alpha value is -3.30. The summed E-state index contributed by atoms with van der Waals surface area (Å²) in [5.41, 5.74) is 7.68. The van der Waals surface area contributed by atoms with E-state index in [9.17, 15) is 5.11 Å². The number of aromatic amines is 1. The highest BCUT2D eigenvalue weighted by Gasteiger charge is 2.24. The van der Waals surface area contributed by atoms with Crippen molar-refractivity contribution in [3.05, 3.63) is 95.7 Å². The van der Waals surface area contributed by atoms with Crippen molar-refractivity contribution in [2.75, 3.05) is 0 Å². The van der Waals surface area contributed by atoms with Crippen molar-refractivity contribution < 1.29 is 22.5 Å². The van der Waals surface area contributed by atoms with Crippen LogP contribution in [0.15, 0.2) is 79.0 Å². The number of rotatable bonds is 2. The molecule has 0 radical (unpaired) electrons. The summed E-state index contributed by atoms with van der Waals surface area (Å²) in [6, 6.07) is 24.0. The van der Waals surface area contributed by atoms with Gasteiger partial charge in [-0.3, -0.25) is 0 Å². The van der Waals surface area contributed by atoms with E-state index in [0.29, 0.717) is 0 Å². The summed E-state index contributed by atoms with van der Waals surface area (Å²) < 4.78 is 0. The molecule has 3 nitrogen and oxygen atoms in total. The summed E-state index contributed by atoms with van der Waals surface area (Å²) >= 11 is 0. The van der Waals surface area contributed by atoms with Crippen LogP contribution in [0.4, 0.5) is 5.69 Å². The van der Waals surface area contributed by atoms with Gasteiger partial charge in [0, 0.05) is 34.3 Å². The Morgan fingerprint density at radius 2 is 1.70 bits per heavy atom. The second kappa shape index (κ2) is 6.78. The molecule has 0 bridgehead atoms. The zero-order valence-electron chi connectivity index (χ0n) is 14.4. The molecule has 3 aromatic carbocycles. The fourth-order valence-electron chi connectivity index (χ4n) is 3.67. The Morgan fingerprint density at radius 1 is 0.889 bits per heavy atom. The number of phenols is 1. The van der Waals surface area contributed by atoms with Gasteiger partial charge in [-0.05, 0) is 29.8 Å². The number of benzene rings is 3. The first-order valence-corrected chi connectivity index (χ1v) is 8.60. The Bertz CT molecular complexity index is 1200. The lowest BCUT2D eigenvalue weighted by Gasteiger charge is -2.10. The lowest BCUT2D eigenvalue weighted by atomic mass is 9.90. The number of allylic oxidation sites excluding steroid dienone is 1. The molecule has 132 valence electrons. The predicted octanol–water partition coefficient (Wildman–Crippen LogP) is 0.633. The molecule has 0 atom stereocenters. The molecule has 0 saturated carbocycles. The molecule has 3 N–H and O–H groups in total. The van der Waals surface area contributed by atoms with Crippen LogP contribution in [0, 0.1) is 0 Å². The van der Waals surface area contributed by atoms with Gasteiger partial charge in [-0.2, -0.15) is 0 Å². The van der Waals surface area contributed by atoms with E-state index in [0.717, 1.165) is 44.4 Å². The molecular formula is C23H17ClN2O. The zero-order chi connectivity index (χ0) is 17.5. The van der Waals surface area contributed by atoms with Gasteiger partial charge in [-0.25, -0.2) is 4.99 Å². The Morgan fingerprint density at radius 3 is 2.59 bits per heavy atom. The predicted molar refractivity (Wildman–Crippen MR) is 105 cm³/mol. The lowest BCUT2D eigenvalue weighted by molar-refractivity contribution is -0.342. The highest BCUT2D eigenvalue weighted by Crippen LogP contribution is 2.38. The van der Waals surface area contributed by atoms with Crippen LogP contribution >= 0.6 is 0 Å². The Kier molecular flexibility index (Phi) is 4.30. The van der Waals surface area contributed by atoms with E-state index in [1.807, 2.05) is 42.7 Å². The third-order valence-corrected chi connectivity index (χ3v) is 4.85. The number of hydrogen-bond donors (Lipinski definition) is 3.